The molecule has 3 atom stereocenters. The lowest BCUT2D eigenvalue weighted by atomic mass is 10.1. The molecule has 1 N–H and O–H groups in total. The van der Waals surface area contributed by atoms with Crippen LogP contribution in [0.15, 0.2) is 22.6 Å². The Kier molecular flexibility index (Phi) is 4.12. The third-order valence-electron chi connectivity index (χ3n) is 4.41. The van der Waals surface area contributed by atoms with Crippen LogP contribution in [0.25, 0.3) is 6.08 Å². The molecule has 5 nitrogen and oxygen atoms in total. The van der Waals surface area contributed by atoms with E-state index in [-0.39, 0.29) is 23.3 Å². The predicted octanol–water partition coefficient (Wildman–Crippen LogP) is 1.97. The van der Waals surface area contributed by atoms with Gasteiger partial charge < -0.3 is 9.73 Å². The molecular weight excluding hydrogens is 302 g/mol. The van der Waals surface area contributed by atoms with Crippen LogP contribution in [0.3, 0.4) is 0 Å². The molecule has 1 aromatic heterocycles. The number of hydrogen-bond acceptors (Lipinski definition) is 4. The van der Waals surface area contributed by atoms with Crippen LogP contribution >= 0.6 is 0 Å². The minimum absolute atomic E-state index is 0.0360. The van der Waals surface area contributed by atoms with Crippen molar-refractivity contribution in [2.45, 2.75) is 25.7 Å². The molecule has 22 heavy (non-hydrogen) atoms. The van der Waals surface area contributed by atoms with Crippen LogP contribution in [0, 0.1) is 11.8 Å². The molecule has 1 saturated heterocycles. The summed E-state index contributed by atoms with van der Waals surface area (Å²) in [7, 11) is -2.89. The van der Waals surface area contributed by atoms with E-state index < -0.39 is 9.84 Å². The monoisotopic (exact) mass is 323 g/mol. The van der Waals surface area contributed by atoms with Crippen molar-refractivity contribution in [2.24, 2.45) is 11.8 Å². The lowest BCUT2D eigenvalue weighted by Gasteiger charge is -2.07. The van der Waals surface area contributed by atoms with Gasteiger partial charge in [0.05, 0.1) is 11.5 Å². The van der Waals surface area contributed by atoms with Gasteiger partial charge in [0, 0.05) is 18.5 Å². The quantitative estimate of drug-likeness (QED) is 0.841. The first-order chi connectivity index (χ1) is 10.4. The van der Waals surface area contributed by atoms with E-state index in [0.717, 1.165) is 5.76 Å². The van der Waals surface area contributed by atoms with Crippen molar-refractivity contribution in [2.75, 3.05) is 18.1 Å². The normalized spacial score (nSPS) is 29.8. The molecule has 6 heteroatoms. The zero-order valence-corrected chi connectivity index (χ0v) is 13.4. The Balaban J connectivity index is 1.46. The summed E-state index contributed by atoms with van der Waals surface area (Å²) in [6.45, 7) is 2.60. The molecule has 1 saturated carbocycles. The third kappa shape index (κ3) is 3.80. The van der Waals surface area contributed by atoms with Gasteiger partial charge in [-0.3, -0.25) is 4.79 Å². The summed E-state index contributed by atoms with van der Waals surface area (Å²) in [4.78, 5) is 11.8. The zero-order valence-electron chi connectivity index (χ0n) is 12.6. The van der Waals surface area contributed by atoms with Crippen molar-refractivity contribution in [1.29, 1.82) is 0 Å². The summed E-state index contributed by atoms with van der Waals surface area (Å²) in [6, 6.07) is 3.84. The van der Waals surface area contributed by atoms with Gasteiger partial charge in [-0.1, -0.05) is 6.92 Å². The molecule has 0 bridgehead atoms. The molecule has 2 aliphatic rings. The Morgan fingerprint density at radius 2 is 2.23 bits per heavy atom. The van der Waals surface area contributed by atoms with Crippen molar-refractivity contribution >= 4 is 21.8 Å². The molecule has 1 aliphatic carbocycles. The topological polar surface area (TPSA) is 76.4 Å². The van der Waals surface area contributed by atoms with E-state index in [0.29, 0.717) is 30.6 Å². The maximum Gasteiger partial charge on any atom is 0.244 e. The van der Waals surface area contributed by atoms with Crippen LogP contribution in [-0.4, -0.2) is 32.4 Å². The minimum atomic E-state index is -2.89. The third-order valence-corrected chi connectivity index (χ3v) is 6.25. The molecule has 1 amide bonds. The highest BCUT2D eigenvalue weighted by Crippen LogP contribution is 2.47. The molecule has 2 heterocycles. The number of hydrogen-bond donors (Lipinski definition) is 1. The van der Waals surface area contributed by atoms with Gasteiger partial charge in [0.15, 0.2) is 9.84 Å². The number of carbonyl (C=O) groups is 1. The minimum Gasteiger partial charge on any atom is -0.461 e. The van der Waals surface area contributed by atoms with E-state index in [1.807, 2.05) is 12.1 Å². The molecule has 0 radical (unpaired) electrons. The lowest BCUT2D eigenvalue weighted by molar-refractivity contribution is -0.116. The molecule has 0 spiro atoms. The average molecular weight is 323 g/mol. The summed E-state index contributed by atoms with van der Waals surface area (Å²) < 4.78 is 28.4. The van der Waals surface area contributed by atoms with Gasteiger partial charge in [-0.25, -0.2) is 8.42 Å². The smallest absolute Gasteiger partial charge is 0.244 e. The highest BCUT2D eigenvalue weighted by molar-refractivity contribution is 7.91. The highest BCUT2D eigenvalue weighted by atomic mass is 32.2. The van der Waals surface area contributed by atoms with E-state index in [1.165, 1.54) is 12.5 Å². The number of rotatable bonds is 5. The molecular formula is C16H21NO4S. The molecule has 3 rings (SSSR count). The van der Waals surface area contributed by atoms with Crippen molar-refractivity contribution in [3.05, 3.63) is 29.7 Å². The van der Waals surface area contributed by atoms with Gasteiger partial charge in [-0.2, -0.15) is 0 Å². The Hall–Kier alpha value is -1.56. The fourth-order valence-electron chi connectivity index (χ4n) is 2.87. The van der Waals surface area contributed by atoms with Crippen molar-refractivity contribution in [3.8, 4) is 0 Å². The van der Waals surface area contributed by atoms with Crippen molar-refractivity contribution < 1.29 is 17.6 Å². The second-order valence-electron chi connectivity index (χ2n) is 6.41. The fraction of sp³-hybridized carbons (Fsp3) is 0.562. The van der Waals surface area contributed by atoms with Gasteiger partial charge in [0.25, 0.3) is 0 Å². The van der Waals surface area contributed by atoms with Gasteiger partial charge >= 0.3 is 0 Å². The van der Waals surface area contributed by atoms with E-state index >= 15 is 0 Å². The number of sulfone groups is 1. The standard InChI is InChI=1S/C16H21NO4S/c1-11-8-14(11)15-4-2-13(21-15)3-5-16(18)17-9-12-6-7-22(19,20)10-12/h2-5,11-12,14H,6-10H2,1H3,(H,17,18)/b5-3+. The second kappa shape index (κ2) is 5.91. The van der Waals surface area contributed by atoms with Gasteiger partial charge in [-0.15, -0.1) is 0 Å². The largest absolute Gasteiger partial charge is 0.461 e. The van der Waals surface area contributed by atoms with E-state index in [9.17, 15) is 13.2 Å². The Bertz CT molecular complexity index is 689. The lowest BCUT2D eigenvalue weighted by Crippen LogP contribution is -2.28. The maximum absolute atomic E-state index is 11.8. The first kappa shape index (κ1) is 15.3. The summed E-state index contributed by atoms with van der Waals surface area (Å²) in [5.41, 5.74) is 0. The second-order valence-corrected chi connectivity index (χ2v) is 8.64. The molecule has 1 aliphatic heterocycles. The van der Waals surface area contributed by atoms with Gasteiger partial charge in [0.2, 0.25) is 5.91 Å². The number of carbonyl (C=O) groups excluding carboxylic acids is 1. The van der Waals surface area contributed by atoms with Crippen molar-refractivity contribution in [1.82, 2.24) is 5.32 Å². The van der Waals surface area contributed by atoms with Crippen LogP contribution in [0.5, 0.6) is 0 Å². The number of amides is 1. The Labute approximate surface area is 130 Å². The fourth-order valence-corrected chi connectivity index (χ4v) is 4.73. The average Bonchev–Trinajstić information content (AvgIpc) is 2.88. The molecule has 0 aromatic carbocycles. The highest BCUT2D eigenvalue weighted by Gasteiger charge is 2.36. The molecule has 1 aromatic rings. The number of nitrogens with one attached hydrogen (secondary N) is 1. The van der Waals surface area contributed by atoms with Crippen LogP contribution in [0.2, 0.25) is 0 Å². The zero-order chi connectivity index (χ0) is 15.7. The summed E-state index contributed by atoms with van der Waals surface area (Å²) in [5.74, 6) is 3.11. The van der Waals surface area contributed by atoms with E-state index in [4.69, 9.17) is 4.42 Å². The van der Waals surface area contributed by atoms with Gasteiger partial charge in [-0.05, 0) is 42.9 Å². The first-order valence-corrected chi connectivity index (χ1v) is 9.51. The summed E-state index contributed by atoms with van der Waals surface area (Å²) in [6.07, 6.45) is 4.88. The number of furan rings is 1. The summed E-state index contributed by atoms with van der Waals surface area (Å²) in [5, 5.41) is 2.75. The Morgan fingerprint density at radius 1 is 1.45 bits per heavy atom. The van der Waals surface area contributed by atoms with E-state index in [1.54, 1.807) is 6.08 Å². The Morgan fingerprint density at radius 3 is 2.86 bits per heavy atom. The van der Waals surface area contributed by atoms with Crippen LogP contribution < -0.4 is 5.32 Å². The first-order valence-electron chi connectivity index (χ1n) is 7.69. The van der Waals surface area contributed by atoms with Crippen LogP contribution in [0.4, 0.5) is 0 Å². The molecule has 2 fully saturated rings. The SMILES string of the molecule is CC1CC1c1ccc(/C=C/C(=O)NCC2CCS(=O)(=O)C2)o1. The van der Waals surface area contributed by atoms with Crippen LogP contribution in [0.1, 0.15) is 37.2 Å². The predicted molar refractivity (Wildman–Crippen MR) is 84.0 cm³/mol. The van der Waals surface area contributed by atoms with Crippen LogP contribution in [-0.2, 0) is 14.6 Å². The summed E-state index contributed by atoms with van der Waals surface area (Å²) >= 11 is 0. The molecule has 3 unspecified atom stereocenters. The van der Waals surface area contributed by atoms with Gasteiger partial charge in [0.1, 0.15) is 11.5 Å². The van der Waals surface area contributed by atoms with E-state index in [2.05, 4.69) is 12.2 Å². The maximum atomic E-state index is 11.8. The van der Waals surface area contributed by atoms with Crippen molar-refractivity contribution in [3.63, 3.8) is 0 Å². The molecule has 120 valence electrons.